The number of carbonyl (C=O) groups is 2. The lowest BCUT2D eigenvalue weighted by Gasteiger charge is -2.19. The van der Waals surface area contributed by atoms with Crippen LogP contribution in [-0.2, 0) is 0 Å². The summed E-state index contributed by atoms with van der Waals surface area (Å²) in [6.07, 6.45) is 1.45. The van der Waals surface area contributed by atoms with E-state index < -0.39 is 11.7 Å². The molecule has 2 aromatic carbocycles. The summed E-state index contributed by atoms with van der Waals surface area (Å²) in [5, 5.41) is 7.08. The molecular formula is C21H21FN4O2. The third-order valence-electron chi connectivity index (χ3n) is 4.39. The first-order chi connectivity index (χ1) is 13.5. The zero-order valence-electron chi connectivity index (χ0n) is 15.7. The van der Waals surface area contributed by atoms with E-state index in [1.165, 1.54) is 35.1 Å². The van der Waals surface area contributed by atoms with Gasteiger partial charge in [0, 0.05) is 18.7 Å². The van der Waals surface area contributed by atoms with Gasteiger partial charge >= 0.3 is 0 Å². The van der Waals surface area contributed by atoms with Crippen LogP contribution in [0.3, 0.4) is 0 Å². The summed E-state index contributed by atoms with van der Waals surface area (Å²) in [6, 6.07) is 14.4. The number of rotatable bonds is 6. The van der Waals surface area contributed by atoms with Crippen LogP contribution < -0.4 is 5.32 Å². The van der Waals surface area contributed by atoms with E-state index in [-0.39, 0.29) is 17.3 Å². The van der Waals surface area contributed by atoms with Crippen LogP contribution >= 0.6 is 0 Å². The van der Waals surface area contributed by atoms with E-state index in [1.807, 2.05) is 44.2 Å². The van der Waals surface area contributed by atoms with E-state index >= 15 is 0 Å². The summed E-state index contributed by atoms with van der Waals surface area (Å²) in [7, 11) is 0. The Morgan fingerprint density at radius 1 is 1.04 bits per heavy atom. The molecule has 0 aliphatic rings. The molecule has 1 aromatic heterocycles. The molecule has 0 atom stereocenters. The Bertz CT molecular complexity index is 964. The van der Waals surface area contributed by atoms with Crippen molar-refractivity contribution < 1.29 is 14.0 Å². The number of nitrogens with zero attached hydrogens (tertiary/aromatic N) is 3. The average Bonchev–Trinajstić information content (AvgIpc) is 3.13. The van der Waals surface area contributed by atoms with E-state index in [1.54, 1.807) is 4.90 Å². The van der Waals surface area contributed by atoms with Crippen molar-refractivity contribution in [1.82, 2.24) is 14.7 Å². The van der Waals surface area contributed by atoms with Crippen LogP contribution in [0.5, 0.6) is 0 Å². The normalized spacial score (nSPS) is 10.5. The molecule has 0 saturated carbocycles. The Morgan fingerprint density at radius 3 is 2.29 bits per heavy atom. The van der Waals surface area contributed by atoms with E-state index in [2.05, 4.69) is 10.4 Å². The van der Waals surface area contributed by atoms with Crippen LogP contribution in [0.15, 0.2) is 60.8 Å². The van der Waals surface area contributed by atoms with Crippen molar-refractivity contribution in [1.29, 1.82) is 0 Å². The van der Waals surface area contributed by atoms with Gasteiger partial charge in [0.15, 0.2) is 0 Å². The van der Waals surface area contributed by atoms with Crippen molar-refractivity contribution in [3.63, 3.8) is 0 Å². The molecular weight excluding hydrogens is 359 g/mol. The topological polar surface area (TPSA) is 67.2 Å². The van der Waals surface area contributed by atoms with Crippen molar-refractivity contribution in [3.8, 4) is 5.69 Å². The molecule has 2 amide bonds. The van der Waals surface area contributed by atoms with E-state index in [0.717, 1.165) is 0 Å². The fourth-order valence-corrected chi connectivity index (χ4v) is 2.85. The maximum Gasteiger partial charge on any atom is 0.259 e. The number of carbonyl (C=O) groups excluding carboxylic acids is 2. The molecule has 0 aliphatic carbocycles. The monoisotopic (exact) mass is 380 g/mol. The first-order valence-corrected chi connectivity index (χ1v) is 9.04. The Labute approximate surface area is 162 Å². The first kappa shape index (κ1) is 19.3. The highest BCUT2D eigenvalue weighted by molar-refractivity contribution is 6.08. The molecule has 0 aliphatic heterocycles. The van der Waals surface area contributed by atoms with Gasteiger partial charge in [-0.3, -0.25) is 9.59 Å². The Morgan fingerprint density at radius 2 is 1.68 bits per heavy atom. The zero-order chi connectivity index (χ0) is 20.1. The summed E-state index contributed by atoms with van der Waals surface area (Å²) in [5.41, 5.74) is 1.28. The Hall–Kier alpha value is -3.48. The molecule has 3 aromatic rings. The molecule has 1 heterocycles. The minimum absolute atomic E-state index is 0.221. The largest absolute Gasteiger partial charge is 0.339 e. The smallest absolute Gasteiger partial charge is 0.259 e. The highest BCUT2D eigenvalue weighted by Gasteiger charge is 2.23. The maximum absolute atomic E-state index is 13.2. The van der Waals surface area contributed by atoms with Crippen molar-refractivity contribution in [2.24, 2.45) is 0 Å². The molecule has 0 saturated heterocycles. The van der Waals surface area contributed by atoms with E-state index in [9.17, 15) is 14.0 Å². The zero-order valence-corrected chi connectivity index (χ0v) is 15.7. The first-order valence-electron chi connectivity index (χ1n) is 9.04. The van der Waals surface area contributed by atoms with Crippen LogP contribution in [0.1, 0.15) is 34.6 Å². The quantitative estimate of drug-likeness (QED) is 0.708. The number of anilines is 1. The van der Waals surface area contributed by atoms with Gasteiger partial charge in [0.2, 0.25) is 0 Å². The summed E-state index contributed by atoms with van der Waals surface area (Å²) in [5.74, 6) is -0.825. The fourth-order valence-electron chi connectivity index (χ4n) is 2.85. The van der Waals surface area contributed by atoms with Crippen molar-refractivity contribution >= 4 is 17.6 Å². The van der Waals surface area contributed by atoms with Gasteiger partial charge in [-0.25, -0.2) is 9.07 Å². The number of halogens is 1. The summed E-state index contributed by atoms with van der Waals surface area (Å²) < 4.78 is 14.7. The van der Waals surface area contributed by atoms with Crippen molar-refractivity contribution in [3.05, 3.63) is 77.7 Å². The van der Waals surface area contributed by atoms with E-state index in [0.29, 0.717) is 24.3 Å². The number of hydrogen-bond acceptors (Lipinski definition) is 3. The van der Waals surface area contributed by atoms with Gasteiger partial charge < -0.3 is 10.2 Å². The average molecular weight is 380 g/mol. The SMILES string of the molecule is CCN(CC)C(=O)c1cnn(-c2ccccc2)c1NC(=O)c1ccc(F)cc1. The third kappa shape index (κ3) is 3.93. The summed E-state index contributed by atoms with van der Waals surface area (Å²) in [6.45, 7) is 4.86. The fraction of sp³-hybridized carbons (Fsp3) is 0.190. The number of aromatic nitrogens is 2. The molecule has 0 radical (unpaired) electrons. The predicted molar refractivity (Wildman–Crippen MR) is 105 cm³/mol. The molecule has 28 heavy (non-hydrogen) atoms. The molecule has 0 spiro atoms. The summed E-state index contributed by atoms with van der Waals surface area (Å²) in [4.78, 5) is 27.3. The number of benzene rings is 2. The predicted octanol–water partition coefficient (Wildman–Crippen LogP) is 3.75. The van der Waals surface area contributed by atoms with Crippen molar-refractivity contribution in [2.45, 2.75) is 13.8 Å². The number of nitrogens with one attached hydrogen (secondary N) is 1. The molecule has 144 valence electrons. The Kier molecular flexibility index (Phi) is 5.84. The lowest BCUT2D eigenvalue weighted by Crippen LogP contribution is -2.31. The van der Waals surface area contributed by atoms with Gasteiger partial charge in [0.1, 0.15) is 17.2 Å². The lowest BCUT2D eigenvalue weighted by atomic mass is 10.2. The third-order valence-corrected chi connectivity index (χ3v) is 4.39. The van der Waals surface area contributed by atoms with Crippen LogP contribution in [0.4, 0.5) is 10.2 Å². The van der Waals surface area contributed by atoms with Crippen molar-refractivity contribution in [2.75, 3.05) is 18.4 Å². The molecule has 1 N–H and O–H groups in total. The highest BCUT2D eigenvalue weighted by Crippen LogP contribution is 2.23. The lowest BCUT2D eigenvalue weighted by molar-refractivity contribution is 0.0774. The molecule has 7 heteroatoms. The minimum atomic E-state index is -0.453. The van der Waals surface area contributed by atoms with Crippen LogP contribution in [-0.4, -0.2) is 39.6 Å². The van der Waals surface area contributed by atoms with Gasteiger partial charge in [-0.1, -0.05) is 18.2 Å². The maximum atomic E-state index is 13.2. The van der Waals surface area contributed by atoms with Crippen LogP contribution in [0.25, 0.3) is 5.69 Å². The van der Waals surface area contributed by atoms with Gasteiger partial charge in [-0.2, -0.15) is 5.10 Å². The number of amides is 2. The standard InChI is InChI=1S/C21H21FN4O2/c1-3-25(4-2)21(28)18-14-23-26(17-8-6-5-7-9-17)19(18)24-20(27)15-10-12-16(22)13-11-15/h5-14H,3-4H2,1-2H3,(H,24,27). The second-order valence-corrected chi connectivity index (χ2v) is 6.09. The Balaban J connectivity index is 2.02. The molecule has 3 rings (SSSR count). The number of hydrogen-bond donors (Lipinski definition) is 1. The molecule has 0 bridgehead atoms. The molecule has 0 fully saturated rings. The summed E-state index contributed by atoms with van der Waals surface area (Å²) >= 11 is 0. The van der Waals surface area contributed by atoms with Gasteiger partial charge in [-0.05, 0) is 50.2 Å². The van der Waals surface area contributed by atoms with Gasteiger partial charge in [-0.15, -0.1) is 0 Å². The second kappa shape index (κ2) is 8.47. The van der Waals surface area contributed by atoms with Gasteiger partial charge in [0.05, 0.1) is 11.9 Å². The van der Waals surface area contributed by atoms with Gasteiger partial charge in [0.25, 0.3) is 11.8 Å². The van der Waals surface area contributed by atoms with Crippen LogP contribution in [0.2, 0.25) is 0 Å². The number of para-hydroxylation sites is 1. The highest BCUT2D eigenvalue weighted by atomic mass is 19.1. The van der Waals surface area contributed by atoms with Crippen LogP contribution in [0, 0.1) is 5.82 Å². The molecule has 0 unspecified atom stereocenters. The van der Waals surface area contributed by atoms with E-state index in [4.69, 9.17) is 0 Å². The second-order valence-electron chi connectivity index (χ2n) is 6.09. The minimum Gasteiger partial charge on any atom is -0.339 e. The molecule has 6 nitrogen and oxygen atoms in total.